The lowest BCUT2D eigenvalue weighted by molar-refractivity contribution is 0.100. The number of hydrogen-bond acceptors (Lipinski definition) is 5. The van der Waals surface area contributed by atoms with E-state index in [0.717, 1.165) is 6.42 Å². The van der Waals surface area contributed by atoms with E-state index in [0.29, 0.717) is 23.8 Å². The predicted octanol–water partition coefficient (Wildman–Crippen LogP) is 3.36. The van der Waals surface area contributed by atoms with Gasteiger partial charge in [0, 0.05) is 12.6 Å². The van der Waals surface area contributed by atoms with Crippen molar-refractivity contribution in [1.29, 1.82) is 0 Å². The quantitative estimate of drug-likeness (QED) is 0.681. The number of para-hydroxylation sites is 1. The Kier molecular flexibility index (Phi) is 7.75. The van der Waals surface area contributed by atoms with Gasteiger partial charge in [-0.05, 0) is 36.6 Å². The van der Waals surface area contributed by atoms with Crippen LogP contribution in [0.5, 0.6) is 17.2 Å². The van der Waals surface area contributed by atoms with Crippen molar-refractivity contribution in [3.63, 3.8) is 0 Å². The molecule has 142 valence electrons. The van der Waals surface area contributed by atoms with E-state index in [1.165, 1.54) is 11.1 Å². The van der Waals surface area contributed by atoms with E-state index in [2.05, 4.69) is 43.4 Å². The summed E-state index contributed by atoms with van der Waals surface area (Å²) in [6, 6.07) is 14.1. The molecule has 0 saturated carbocycles. The average molecular weight is 359 g/mol. The van der Waals surface area contributed by atoms with Gasteiger partial charge in [0.2, 0.25) is 5.75 Å². The van der Waals surface area contributed by atoms with Crippen LogP contribution in [0, 0.1) is 0 Å². The smallest absolute Gasteiger partial charge is 0.203 e. The van der Waals surface area contributed by atoms with Crippen LogP contribution in [-0.2, 0) is 6.42 Å². The Labute approximate surface area is 155 Å². The molecule has 0 amide bonds. The first-order valence-corrected chi connectivity index (χ1v) is 8.93. The number of aliphatic hydroxyl groups is 1. The molecule has 2 aromatic rings. The van der Waals surface area contributed by atoms with Crippen LogP contribution in [-0.4, -0.2) is 38.6 Å². The zero-order valence-electron chi connectivity index (χ0n) is 16.0. The van der Waals surface area contributed by atoms with E-state index < -0.39 is 6.10 Å². The van der Waals surface area contributed by atoms with E-state index >= 15 is 0 Å². The number of aliphatic hydroxyl groups excluding tert-OH is 1. The first-order chi connectivity index (χ1) is 12.6. The molecule has 0 heterocycles. The van der Waals surface area contributed by atoms with Crippen LogP contribution in [0.25, 0.3) is 0 Å². The zero-order chi connectivity index (χ0) is 18.9. The summed E-state index contributed by atoms with van der Waals surface area (Å²) in [6.45, 7) is 4.79. The van der Waals surface area contributed by atoms with Crippen molar-refractivity contribution < 1.29 is 19.3 Å². The van der Waals surface area contributed by atoms with Gasteiger partial charge in [-0.3, -0.25) is 0 Å². The van der Waals surface area contributed by atoms with E-state index in [1.54, 1.807) is 26.4 Å². The third-order valence-electron chi connectivity index (χ3n) is 4.35. The van der Waals surface area contributed by atoms with Crippen molar-refractivity contribution in [2.24, 2.45) is 0 Å². The topological polar surface area (TPSA) is 60.0 Å². The zero-order valence-corrected chi connectivity index (χ0v) is 16.0. The van der Waals surface area contributed by atoms with Gasteiger partial charge in [0.25, 0.3) is 0 Å². The second-order valence-electron chi connectivity index (χ2n) is 6.18. The summed E-state index contributed by atoms with van der Waals surface area (Å²) >= 11 is 0. The lowest BCUT2D eigenvalue weighted by Gasteiger charge is -2.19. The van der Waals surface area contributed by atoms with Gasteiger partial charge in [0.15, 0.2) is 11.5 Å². The summed E-state index contributed by atoms with van der Waals surface area (Å²) in [5, 5.41) is 13.6. The highest BCUT2D eigenvalue weighted by atomic mass is 16.5. The Morgan fingerprint density at radius 1 is 1.00 bits per heavy atom. The Bertz CT molecular complexity index is 650. The van der Waals surface area contributed by atoms with E-state index in [-0.39, 0.29) is 12.6 Å². The van der Waals surface area contributed by atoms with Crippen LogP contribution < -0.4 is 19.5 Å². The molecule has 0 aliphatic heterocycles. The molecule has 0 spiro atoms. The lowest BCUT2D eigenvalue weighted by Crippen LogP contribution is -2.33. The molecule has 26 heavy (non-hydrogen) atoms. The fourth-order valence-corrected chi connectivity index (χ4v) is 2.67. The minimum absolute atomic E-state index is 0.144. The van der Waals surface area contributed by atoms with Crippen LogP contribution in [0.3, 0.4) is 0 Å². The second kappa shape index (κ2) is 10.0. The van der Waals surface area contributed by atoms with Gasteiger partial charge in [-0.2, -0.15) is 0 Å². The molecule has 0 fully saturated rings. The predicted molar refractivity (Wildman–Crippen MR) is 103 cm³/mol. The molecule has 0 saturated heterocycles. The molecular weight excluding hydrogens is 330 g/mol. The van der Waals surface area contributed by atoms with Crippen LogP contribution in [0.4, 0.5) is 0 Å². The Balaban J connectivity index is 1.86. The van der Waals surface area contributed by atoms with Gasteiger partial charge in [-0.1, -0.05) is 37.3 Å². The Hall–Kier alpha value is -2.24. The highest BCUT2D eigenvalue weighted by Crippen LogP contribution is 2.36. The molecule has 0 bridgehead atoms. The van der Waals surface area contributed by atoms with Crippen molar-refractivity contribution in [3.8, 4) is 17.2 Å². The molecule has 2 aromatic carbocycles. The van der Waals surface area contributed by atoms with Crippen LogP contribution >= 0.6 is 0 Å². The normalized spacial score (nSPS) is 13.1. The first-order valence-electron chi connectivity index (χ1n) is 8.93. The minimum Gasteiger partial charge on any atom is -0.493 e. The number of rotatable bonds is 10. The Morgan fingerprint density at radius 3 is 2.15 bits per heavy atom. The van der Waals surface area contributed by atoms with Crippen LogP contribution in [0.1, 0.15) is 31.0 Å². The third kappa shape index (κ3) is 5.38. The highest BCUT2D eigenvalue weighted by Gasteiger charge is 2.14. The number of methoxy groups -OCH3 is 2. The van der Waals surface area contributed by atoms with Crippen LogP contribution in [0.2, 0.25) is 0 Å². The molecule has 0 aliphatic carbocycles. The standard InChI is InChI=1S/C21H29NO4/c1-5-16-9-11-17(12-10-16)15(2)22-13-18(23)14-26-21-19(24-3)7-6-8-20(21)25-4/h6-12,15,18,22-23H,5,13-14H2,1-4H3. The summed E-state index contributed by atoms with van der Waals surface area (Å²) in [4.78, 5) is 0. The maximum absolute atomic E-state index is 10.2. The molecule has 2 N–H and O–H groups in total. The fourth-order valence-electron chi connectivity index (χ4n) is 2.67. The molecular formula is C21H29NO4. The second-order valence-corrected chi connectivity index (χ2v) is 6.18. The molecule has 5 heteroatoms. The largest absolute Gasteiger partial charge is 0.493 e. The fraction of sp³-hybridized carbons (Fsp3) is 0.429. The third-order valence-corrected chi connectivity index (χ3v) is 4.35. The molecule has 5 nitrogen and oxygen atoms in total. The molecule has 2 unspecified atom stereocenters. The van der Waals surface area contributed by atoms with E-state index in [4.69, 9.17) is 14.2 Å². The number of ether oxygens (including phenoxy) is 3. The summed E-state index contributed by atoms with van der Waals surface area (Å²) in [5.74, 6) is 1.66. The van der Waals surface area contributed by atoms with E-state index in [9.17, 15) is 5.11 Å². The molecule has 0 radical (unpaired) electrons. The monoisotopic (exact) mass is 359 g/mol. The Morgan fingerprint density at radius 2 is 1.62 bits per heavy atom. The van der Waals surface area contributed by atoms with Gasteiger partial charge in [0.05, 0.1) is 14.2 Å². The van der Waals surface area contributed by atoms with Crippen molar-refractivity contribution in [3.05, 3.63) is 53.6 Å². The number of benzene rings is 2. The average Bonchev–Trinajstić information content (AvgIpc) is 2.70. The minimum atomic E-state index is -0.651. The number of nitrogens with one attached hydrogen (secondary N) is 1. The lowest BCUT2D eigenvalue weighted by atomic mass is 10.0. The van der Waals surface area contributed by atoms with Gasteiger partial charge >= 0.3 is 0 Å². The summed E-state index contributed by atoms with van der Waals surface area (Å²) in [5.41, 5.74) is 2.52. The summed E-state index contributed by atoms with van der Waals surface area (Å²) in [7, 11) is 3.15. The van der Waals surface area contributed by atoms with Gasteiger partial charge in [-0.15, -0.1) is 0 Å². The van der Waals surface area contributed by atoms with Crippen molar-refractivity contribution in [2.75, 3.05) is 27.4 Å². The molecule has 2 rings (SSSR count). The SMILES string of the molecule is CCc1ccc(C(C)NCC(O)COc2c(OC)cccc2OC)cc1. The molecule has 2 atom stereocenters. The number of aryl methyl sites for hydroxylation is 1. The van der Waals surface area contributed by atoms with Crippen molar-refractivity contribution in [1.82, 2.24) is 5.32 Å². The van der Waals surface area contributed by atoms with Crippen LogP contribution in [0.15, 0.2) is 42.5 Å². The molecule has 0 aromatic heterocycles. The first kappa shape index (κ1) is 20.1. The summed E-state index contributed by atoms with van der Waals surface area (Å²) < 4.78 is 16.3. The summed E-state index contributed by atoms with van der Waals surface area (Å²) in [6.07, 6.45) is 0.381. The van der Waals surface area contributed by atoms with Gasteiger partial charge in [0.1, 0.15) is 12.7 Å². The molecule has 0 aliphatic rings. The highest BCUT2D eigenvalue weighted by molar-refractivity contribution is 5.51. The number of hydrogen-bond donors (Lipinski definition) is 2. The maximum atomic E-state index is 10.2. The maximum Gasteiger partial charge on any atom is 0.203 e. The van der Waals surface area contributed by atoms with Gasteiger partial charge < -0.3 is 24.6 Å². The van der Waals surface area contributed by atoms with Crippen molar-refractivity contribution >= 4 is 0 Å². The van der Waals surface area contributed by atoms with Gasteiger partial charge in [-0.25, -0.2) is 0 Å². The van der Waals surface area contributed by atoms with E-state index in [1.807, 2.05) is 6.07 Å². The van der Waals surface area contributed by atoms with Crippen molar-refractivity contribution in [2.45, 2.75) is 32.4 Å².